The molecule has 1 nitrogen and oxygen atoms in total. The van der Waals surface area contributed by atoms with E-state index >= 15 is 0 Å². The van der Waals surface area contributed by atoms with Crippen LogP contribution in [0.3, 0.4) is 0 Å². The van der Waals surface area contributed by atoms with E-state index in [2.05, 4.69) is 4.98 Å². The molecule has 10 heavy (non-hydrogen) atoms. The Morgan fingerprint density at radius 1 is 1.60 bits per heavy atom. The van der Waals surface area contributed by atoms with E-state index in [1.165, 1.54) is 0 Å². The molecule has 1 aromatic heterocycles. The Morgan fingerprint density at radius 2 is 2.40 bits per heavy atom. The van der Waals surface area contributed by atoms with Crippen LogP contribution in [0.5, 0.6) is 0 Å². The smallest absolute Gasteiger partial charge is 0.0828 e. The van der Waals surface area contributed by atoms with Gasteiger partial charge in [0.05, 0.1) is 17.0 Å². The maximum Gasteiger partial charge on any atom is 0.0828 e. The number of hydrogen-bond donors (Lipinski definition) is 0. The van der Waals surface area contributed by atoms with Gasteiger partial charge in [-0.15, -0.1) is 0 Å². The van der Waals surface area contributed by atoms with Gasteiger partial charge in [0.15, 0.2) is 0 Å². The minimum Gasteiger partial charge on any atom is -0.260 e. The highest BCUT2D eigenvalue weighted by atomic mass is 32.2. The fraction of sp³-hybridized carbons (Fsp3) is 0.286. The van der Waals surface area contributed by atoms with Gasteiger partial charge >= 0.3 is 0 Å². The van der Waals surface area contributed by atoms with Crippen LogP contribution in [-0.2, 0) is 6.42 Å². The summed E-state index contributed by atoms with van der Waals surface area (Å²) in [4.78, 5) is 4.57. The molecule has 1 rings (SSSR count). The molecule has 0 atom stereocenters. The zero-order chi connectivity index (χ0) is 7.40. The Bertz CT molecular complexity index is 174. The topological polar surface area (TPSA) is 12.9 Å². The summed E-state index contributed by atoms with van der Waals surface area (Å²) < 4.78 is 11.8. The highest BCUT2D eigenvalue weighted by molar-refractivity contribution is 7.94. The molecule has 0 spiro atoms. The Labute approximate surface area is 64.0 Å². The molecule has 0 unspecified atom stereocenters. The Hall–Kier alpha value is -0.570. The third kappa shape index (κ3) is 1.70. The van der Waals surface area contributed by atoms with E-state index in [4.69, 9.17) is 0 Å². The molecule has 0 radical (unpaired) electrons. The summed E-state index contributed by atoms with van der Waals surface area (Å²) in [5.74, 6) is 0. The third-order valence-corrected chi connectivity index (χ3v) is 1.67. The van der Waals surface area contributed by atoms with Crippen molar-refractivity contribution in [3.8, 4) is 0 Å². The molecule has 1 heterocycles. The first kappa shape index (κ1) is 7.54. The van der Waals surface area contributed by atoms with Crippen molar-refractivity contribution in [2.75, 3.05) is 0 Å². The summed E-state index contributed by atoms with van der Waals surface area (Å²) in [6.45, 7) is 2.02. The predicted octanol–water partition coefficient (Wildman–Crippen LogP) is 2.62. The Morgan fingerprint density at radius 3 is 2.80 bits per heavy atom. The van der Waals surface area contributed by atoms with E-state index in [1.807, 2.05) is 13.0 Å². The first-order valence-electron chi connectivity index (χ1n) is 3.10. The van der Waals surface area contributed by atoms with Crippen molar-refractivity contribution in [3.63, 3.8) is 0 Å². The van der Waals surface area contributed by atoms with Crippen molar-refractivity contribution in [2.45, 2.75) is 18.2 Å². The summed E-state index contributed by atoms with van der Waals surface area (Å²) in [5, 5.41) is 0. The highest BCUT2D eigenvalue weighted by Crippen LogP contribution is 2.16. The van der Waals surface area contributed by atoms with E-state index < -0.39 is 0 Å². The maximum atomic E-state index is 11.8. The Balaban J connectivity index is 2.80. The number of hydrogen-bond acceptors (Lipinski definition) is 2. The lowest BCUT2D eigenvalue weighted by Gasteiger charge is -1.94. The second-order valence-electron chi connectivity index (χ2n) is 1.92. The minimum absolute atomic E-state index is 0.225. The first-order valence-corrected chi connectivity index (χ1v) is 3.82. The SMILES string of the molecule is CCc1ccc(SF)cn1. The van der Waals surface area contributed by atoms with E-state index in [9.17, 15) is 3.89 Å². The van der Waals surface area contributed by atoms with Gasteiger partial charge < -0.3 is 0 Å². The van der Waals surface area contributed by atoms with Gasteiger partial charge in [0, 0.05) is 11.9 Å². The molecule has 1 aromatic rings. The lowest BCUT2D eigenvalue weighted by Crippen LogP contribution is -1.83. The monoisotopic (exact) mass is 157 g/mol. The zero-order valence-corrected chi connectivity index (χ0v) is 6.49. The van der Waals surface area contributed by atoms with E-state index in [0.717, 1.165) is 12.1 Å². The summed E-state index contributed by atoms with van der Waals surface area (Å²) in [7, 11) is 0. The van der Waals surface area contributed by atoms with Gasteiger partial charge in [-0.1, -0.05) is 6.92 Å². The van der Waals surface area contributed by atoms with Crippen LogP contribution >= 0.6 is 12.1 Å². The molecule has 0 saturated carbocycles. The number of halogens is 1. The van der Waals surface area contributed by atoms with Gasteiger partial charge in [0.25, 0.3) is 0 Å². The molecule has 54 valence electrons. The van der Waals surface area contributed by atoms with Gasteiger partial charge in [-0.05, 0) is 18.6 Å². The van der Waals surface area contributed by atoms with E-state index in [0.29, 0.717) is 4.90 Å². The zero-order valence-electron chi connectivity index (χ0n) is 5.67. The van der Waals surface area contributed by atoms with Crippen LogP contribution in [0.4, 0.5) is 3.89 Å². The number of aryl methyl sites for hydroxylation is 1. The normalized spacial score (nSPS) is 9.80. The summed E-state index contributed by atoms with van der Waals surface area (Å²) in [5.41, 5.74) is 0.998. The fourth-order valence-electron chi connectivity index (χ4n) is 0.666. The number of aromatic nitrogens is 1. The van der Waals surface area contributed by atoms with Crippen LogP contribution in [-0.4, -0.2) is 4.98 Å². The van der Waals surface area contributed by atoms with Crippen LogP contribution in [0.1, 0.15) is 12.6 Å². The molecule has 0 aliphatic rings. The molecular formula is C7H8FNS. The number of pyridine rings is 1. The molecule has 0 fully saturated rings. The average molecular weight is 157 g/mol. The van der Waals surface area contributed by atoms with Crippen LogP contribution in [0.15, 0.2) is 23.2 Å². The molecule has 0 N–H and O–H groups in total. The van der Waals surface area contributed by atoms with Gasteiger partial charge in [0.2, 0.25) is 0 Å². The van der Waals surface area contributed by atoms with E-state index in [-0.39, 0.29) is 12.1 Å². The van der Waals surface area contributed by atoms with Crippen LogP contribution in [0, 0.1) is 0 Å². The standard InChI is InChI=1S/C7H8FNS/c1-2-6-3-4-7(10-8)5-9-6/h3-5H,2H2,1H3. The second kappa shape index (κ2) is 3.56. The average Bonchev–Trinajstić information content (AvgIpc) is 2.05. The van der Waals surface area contributed by atoms with Gasteiger partial charge in [-0.2, -0.15) is 3.89 Å². The molecule has 0 aliphatic carbocycles. The summed E-state index contributed by atoms with van der Waals surface area (Å²) >= 11 is 0.225. The maximum absolute atomic E-state index is 11.8. The van der Waals surface area contributed by atoms with Crippen LogP contribution in [0.25, 0.3) is 0 Å². The van der Waals surface area contributed by atoms with E-state index in [1.54, 1.807) is 12.3 Å². The van der Waals surface area contributed by atoms with Crippen LogP contribution < -0.4 is 0 Å². The largest absolute Gasteiger partial charge is 0.260 e. The number of rotatable bonds is 2. The molecule has 0 bridgehead atoms. The lowest BCUT2D eigenvalue weighted by atomic mass is 10.3. The first-order chi connectivity index (χ1) is 4.86. The van der Waals surface area contributed by atoms with Crippen molar-refractivity contribution in [2.24, 2.45) is 0 Å². The molecule has 0 amide bonds. The van der Waals surface area contributed by atoms with Gasteiger partial charge in [-0.3, -0.25) is 4.98 Å². The van der Waals surface area contributed by atoms with Crippen molar-refractivity contribution in [1.29, 1.82) is 0 Å². The summed E-state index contributed by atoms with van der Waals surface area (Å²) in [6, 6.07) is 3.57. The molecule has 3 heteroatoms. The predicted molar refractivity (Wildman–Crippen MR) is 40.6 cm³/mol. The molecular weight excluding hydrogens is 149 g/mol. The highest BCUT2D eigenvalue weighted by Gasteiger charge is 1.92. The fourth-order valence-corrected chi connectivity index (χ4v) is 0.878. The van der Waals surface area contributed by atoms with Crippen molar-refractivity contribution < 1.29 is 3.89 Å². The molecule has 0 aliphatic heterocycles. The van der Waals surface area contributed by atoms with Crippen LogP contribution in [0.2, 0.25) is 0 Å². The second-order valence-corrected chi connectivity index (χ2v) is 2.54. The molecule has 0 aromatic carbocycles. The van der Waals surface area contributed by atoms with Gasteiger partial charge in [0.1, 0.15) is 0 Å². The van der Waals surface area contributed by atoms with Gasteiger partial charge in [-0.25, -0.2) is 0 Å². The van der Waals surface area contributed by atoms with Crippen molar-refractivity contribution in [1.82, 2.24) is 4.98 Å². The lowest BCUT2D eigenvalue weighted by molar-refractivity contribution is 0.927. The number of nitrogens with zero attached hydrogens (tertiary/aromatic N) is 1. The quantitative estimate of drug-likeness (QED) is 0.654. The van der Waals surface area contributed by atoms with Crippen molar-refractivity contribution >= 4 is 12.1 Å². The van der Waals surface area contributed by atoms with Crippen molar-refractivity contribution in [3.05, 3.63) is 24.0 Å². The minimum atomic E-state index is 0.225. The third-order valence-electron chi connectivity index (χ3n) is 1.25. The summed E-state index contributed by atoms with van der Waals surface area (Å²) in [6.07, 6.45) is 2.45. The Kier molecular flexibility index (Phi) is 2.68. The molecule has 0 saturated heterocycles.